The third-order valence-electron chi connectivity index (χ3n) is 3.57. The normalized spacial score (nSPS) is 12.3. The summed E-state index contributed by atoms with van der Waals surface area (Å²) in [4.78, 5) is 12.2. The second-order valence-electron chi connectivity index (χ2n) is 5.25. The quantitative estimate of drug-likeness (QED) is 0.808. The van der Waals surface area contributed by atoms with E-state index >= 15 is 0 Å². The number of benzene rings is 2. The van der Waals surface area contributed by atoms with Crippen LogP contribution in [0.5, 0.6) is 11.5 Å². The first-order valence-corrected chi connectivity index (χ1v) is 7.63. The summed E-state index contributed by atoms with van der Waals surface area (Å²) in [6.45, 7) is 0.163. The molecule has 26 heavy (non-hydrogen) atoms. The lowest BCUT2D eigenvalue weighted by atomic mass is 10.1. The second kappa shape index (κ2) is 8.57. The zero-order valence-electron chi connectivity index (χ0n) is 14.2. The first-order chi connectivity index (χ1) is 12.3. The topological polar surface area (TPSA) is 56.8 Å². The van der Waals surface area contributed by atoms with Crippen molar-refractivity contribution in [1.82, 2.24) is 5.32 Å². The zero-order valence-corrected chi connectivity index (χ0v) is 14.2. The number of para-hydroxylation sites is 1. The monoisotopic (exact) mass is 369 g/mol. The highest BCUT2D eigenvalue weighted by Crippen LogP contribution is 2.26. The van der Waals surface area contributed by atoms with E-state index < -0.39 is 24.1 Å². The molecule has 2 aromatic rings. The second-order valence-corrected chi connectivity index (χ2v) is 5.25. The summed E-state index contributed by atoms with van der Waals surface area (Å²) < 4.78 is 50.9. The van der Waals surface area contributed by atoms with Crippen molar-refractivity contribution in [2.45, 2.75) is 12.5 Å². The molecule has 8 heteroatoms. The Balaban J connectivity index is 2.00. The van der Waals surface area contributed by atoms with Gasteiger partial charge in [-0.3, -0.25) is 4.79 Å². The zero-order chi connectivity index (χ0) is 19.2. The molecule has 1 atom stereocenters. The maximum Gasteiger partial charge on any atom is 0.573 e. The molecule has 0 fully saturated rings. The maximum atomic E-state index is 12.2. The molecule has 0 heterocycles. The Morgan fingerprint density at radius 2 is 1.73 bits per heavy atom. The summed E-state index contributed by atoms with van der Waals surface area (Å²) in [5, 5.41) is 2.68. The first kappa shape index (κ1) is 19.6. The molecule has 0 aliphatic heterocycles. The maximum absolute atomic E-state index is 12.2. The summed E-state index contributed by atoms with van der Waals surface area (Å²) in [6, 6.07) is 11.9. The number of ether oxygens (including phenoxy) is 3. The molecule has 0 aromatic heterocycles. The van der Waals surface area contributed by atoms with E-state index in [1.165, 1.54) is 26.4 Å². The number of rotatable bonds is 7. The van der Waals surface area contributed by atoms with Crippen molar-refractivity contribution in [1.29, 1.82) is 0 Å². The van der Waals surface area contributed by atoms with E-state index in [1.54, 1.807) is 6.07 Å². The number of halogens is 3. The predicted octanol–water partition coefficient (Wildman–Crippen LogP) is 3.71. The number of nitrogens with one attached hydrogen (secondary N) is 1. The van der Waals surface area contributed by atoms with Crippen LogP contribution in [0, 0.1) is 0 Å². The molecule has 2 rings (SSSR count). The van der Waals surface area contributed by atoms with Gasteiger partial charge in [-0.2, -0.15) is 0 Å². The lowest BCUT2D eigenvalue weighted by Crippen LogP contribution is -2.29. The number of hydrogen-bond acceptors (Lipinski definition) is 4. The molecule has 0 saturated carbocycles. The largest absolute Gasteiger partial charge is 0.573 e. The summed E-state index contributed by atoms with van der Waals surface area (Å²) in [7, 11) is 3.04. The fourth-order valence-electron chi connectivity index (χ4n) is 2.35. The van der Waals surface area contributed by atoms with Gasteiger partial charge in [0, 0.05) is 24.8 Å². The average molecular weight is 369 g/mol. The van der Waals surface area contributed by atoms with Gasteiger partial charge in [-0.15, -0.1) is 13.2 Å². The van der Waals surface area contributed by atoms with Crippen LogP contribution in [0.4, 0.5) is 13.2 Å². The molecule has 1 amide bonds. The van der Waals surface area contributed by atoms with Crippen LogP contribution in [-0.2, 0) is 4.74 Å². The molecule has 0 saturated heterocycles. The average Bonchev–Trinajstić information content (AvgIpc) is 2.61. The van der Waals surface area contributed by atoms with Gasteiger partial charge in [0.25, 0.3) is 5.91 Å². The van der Waals surface area contributed by atoms with E-state index in [0.717, 1.165) is 17.7 Å². The fourth-order valence-corrected chi connectivity index (χ4v) is 2.35. The van der Waals surface area contributed by atoms with Gasteiger partial charge in [0.2, 0.25) is 0 Å². The van der Waals surface area contributed by atoms with Gasteiger partial charge in [0.1, 0.15) is 17.6 Å². The molecule has 5 nitrogen and oxygen atoms in total. The third kappa shape index (κ3) is 5.38. The molecule has 0 aliphatic rings. The molecule has 0 unspecified atom stereocenters. The number of hydrogen-bond donors (Lipinski definition) is 1. The summed E-state index contributed by atoms with van der Waals surface area (Å²) >= 11 is 0. The van der Waals surface area contributed by atoms with E-state index in [9.17, 15) is 18.0 Å². The van der Waals surface area contributed by atoms with Gasteiger partial charge in [-0.05, 0) is 30.3 Å². The predicted molar refractivity (Wildman–Crippen MR) is 88.2 cm³/mol. The van der Waals surface area contributed by atoms with Crippen LogP contribution in [0.15, 0.2) is 48.5 Å². The van der Waals surface area contributed by atoms with Gasteiger partial charge < -0.3 is 19.5 Å². The Morgan fingerprint density at radius 3 is 2.31 bits per heavy atom. The SMILES string of the molecule is COc1ccccc1[C@H](CNC(=O)c1ccc(OC(F)(F)F)cc1)OC. The van der Waals surface area contributed by atoms with Crippen molar-refractivity contribution >= 4 is 5.91 Å². The Labute approximate surface area is 148 Å². The summed E-state index contributed by atoms with van der Waals surface area (Å²) in [6.07, 6.45) is -5.22. The van der Waals surface area contributed by atoms with Gasteiger partial charge in [-0.1, -0.05) is 18.2 Å². The number of carbonyl (C=O) groups excluding carboxylic acids is 1. The summed E-state index contributed by atoms with van der Waals surface area (Å²) in [5.41, 5.74) is 0.973. The number of methoxy groups -OCH3 is 2. The van der Waals surface area contributed by atoms with Crippen LogP contribution in [-0.4, -0.2) is 33.0 Å². The molecule has 0 radical (unpaired) electrons. The minimum absolute atomic E-state index is 0.163. The van der Waals surface area contributed by atoms with Crippen molar-refractivity contribution in [3.05, 3.63) is 59.7 Å². The van der Waals surface area contributed by atoms with Gasteiger partial charge in [-0.25, -0.2) is 0 Å². The Bertz CT molecular complexity index is 732. The van der Waals surface area contributed by atoms with Crippen LogP contribution in [0.25, 0.3) is 0 Å². The molecule has 0 aliphatic carbocycles. The van der Waals surface area contributed by atoms with Crippen LogP contribution < -0.4 is 14.8 Å². The van der Waals surface area contributed by atoms with Crippen molar-refractivity contribution in [2.75, 3.05) is 20.8 Å². The van der Waals surface area contributed by atoms with Crippen molar-refractivity contribution in [2.24, 2.45) is 0 Å². The Morgan fingerprint density at radius 1 is 1.08 bits per heavy atom. The standard InChI is InChI=1S/C18H18F3NO4/c1-24-15-6-4-3-5-14(15)16(25-2)11-22-17(23)12-7-9-13(10-8-12)26-18(19,20)21/h3-10,16H,11H2,1-2H3,(H,22,23)/t16-/m0/s1. The first-order valence-electron chi connectivity index (χ1n) is 7.63. The highest BCUT2D eigenvalue weighted by Gasteiger charge is 2.31. The number of alkyl halides is 3. The van der Waals surface area contributed by atoms with E-state index in [1.807, 2.05) is 18.2 Å². The molecule has 0 spiro atoms. The lowest BCUT2D eigenvalue weighted by molar-refractivity contribution is -0.274. The highest BCUT2D eigenvalue weighted by molar-refractivity contribution is 5.94. The third-order valence-corrected chi connectivity index (χ3v) is 3.57. The van der Waals surface area contributed by atoms with Crippen LogP contribution in [0.1, 0.15) is 22.0 Å². The van der Waals surface area contributed by atoms with Crippen LogP contribution >= 0.6 is 0 Å². The Kier molecular flexibility index (Phi) is 6.46. The summed E-state index contributed by atoms with van der Waals surface area (Å²) in [5.74, 6) is -0.208. The number of carbonyl (C=O) groups is 1. The van der Waals surface area contributed by atoms with Gasteiger partial charge >= 0.3 is 6.36 Å². The van der Waals surface area contributed by atoms with Crippen LogP contribution in [0.2, 0.25) is 0 Å². The lowest BCUT2D eigenvalue weighted by Gasteiger charge is -2.19. The minimum atomic E-state index is -4.77. The molecular weight excluding hydrogens is 351 g/mol. The van der Waals surface area contributed by atoms with E-state index in [2.05, 4.69) is 10.1 Å². The van der Waals surface area contributed by atoms with Gasteiger partial charge in [0.15, 0.2) is 0 Å². The minimum Gasteiger partial charge on any atom is -0.496 e. The highest BCUT2D eigenvalue weighted by atomic mass is 19.4. The van der Waals surface area contributed by atoms with Crippen molar-refractivity contribution in [3.63, 3.8) is 0 Å². The molecule has 2 aromatic carbocycles. The van der Waals surface area contributed by atoms with Crippen molar-refractivity contribution < 1.29 is 32.2 Å². The van der Waals surface area contributed by atoms with E-state index in [-0.39, 0.29) is 12.1 Å². The molecule has 1 N–H and O–H groups in total. The van der Waals surface area contributed by atoms with Crippen molar-refractivity contribution in [3.8, 4) is 11.5 Å². The van der Waals surface area contributed by atoms with E-state index in [4.69, 9.17) is 9.47 Å². The fraction of sp³-hybridized carbons (Fsp3) is 0.278. The Hall–Kier alpha value is -2.74. The smallest absolute Gasteiger partial charge is 0.496 e. The number of amides is 1. The molecule has 140 valence electrons. The molecule has 0 bridgehead atoms. The van der Waals surface area contributed by atoms with Gasteiger partial charge in [0.05, 0.1) is 7.11 Å². The molecular formula is C18H18F3NO4. The van der Waals surface area contributed by atoms with E-state index in [0.29, 0.717) is 5.75 Å². The van der Waals surface area contributed by atoms with Crippen LogP contribution in [0.3, 0.4) is 0 Å².